The fourth-order valence-electron chi connectivity index (χ4n) is 2.82. The molecule has 3 rings (SSSR count). The molecule has 0 saturated carbocycles. The van der Waals surface area contributed by atoms with Gasteiger partial charge in [0.15, 0.2) is 0 Å². The molecule has 0 spiro atoms. The van der Waals surface area contributed by atoms with E-state index in [0.717, 1.165) is 23.9 Å². The Morgan fingerprint density at radius 1 is 1.50 bits per heavy atom. The minimum Gasteiger partial charge on any atom is -0.426 e. The second kappa shape index (κ2) is 5.29. The molecule has 2 heterocycles. The van der Waals surface area contributed by atoms with Crippen molar-refractivity contribution in [3.8, 4) is 5.75 Å². The monoisotopic (exact) mass is 272 g/mol. The number of esters is 1. The third-order valence-electron chi connectivity index (χ3n) is 4.13. The van der Waals surface area contributed by atoms with Gasteiger partial charge >= 0.3 is 5.97 Å². The van der Waals surface area contributed by atoms with Crippen LogP contribution in [-0.2, 0) is 11.2 Å². The van der Waals surface area contributed by atoms with Gasteiger partial charge in [0, 0.05) is 36.6 Å². The van der Waals surface area contributed by atoms with E-state index in [-0.39, 0.29) is 5.97 Å². The van der Waals surface area contributed by atoms with Crippen LogP contribution in [0.2, 0.25) is 0 Å². The number of nitrogens with zero attached hydrogens (tertiary/aromatic N) is 1. The molecule has 2 aromatic rings. The average molecular weight is 272 g/mol. The summed E-state index contributed by atoms with van der Waals surface area (Å²) in [6.07, 6.45) is 4.30. The minimum absolute atomic E-state index is 0.277. The molecule has 1 aromatic heterocycles. The lowest BCUT2D eigenvalue weighted by molar-refractivity contribution is -0.131. The van der Waals surface area contributed by atoms with Crippen molar-refractivity contribution >= 4 is 16.9 Å². The van der Waals surface area contributed by atoms with Gasteiger partial charge in [-0.3, -0.25) is 4.79 Å². The summed E-state index contributed by atoms with van der Waals surface area (Å²) < 4.78 is 5.32. The molecule has 1 saturated heterocycles. The summed E-state index contributed by atoms with van der Waals surface area (Å²) in [5.74, 6) is 0.379. The molecule has 1 atom stereocenters. The third-order valence-corrected chi connectivity index (χ3v) is 4.13. The molecule has 1 N–H and O–H groups in total. The highest BCUT2D eigenvalue weighted by Gasteiger charge is 2.23. The summed E-state index contributed by atoms with van der Waals surface area (Å²) in [6.45, 7) is 5.96. The summed E-state index contributed by atoms with van der Waals surface area (Å²) in [7, 11) is 0. The van der Waals surface area contributed by atoms with Crippen molar-refractivity contribution in [3.05, 3.63) is 30.0 Å². The highest BCUT2D eigenvalue weighted by Crippen LogP contribution is 2.30. The van der Waals surface area contributed by atoms with Crippen LogP contribution in [0.15, 0.2) is 24.4 Å². The van der Waals surface area contributed by atoms with Gasteiger partial charge in [0.25, 0.3) is 0 Å². The van der Waals surface area contributed by atoms with E-state index >= 15 is 0 Å². The summed E-state index contributed by atoms with van der Waals surface area (Å²) in [5.41, 5.74) is 2.24. The van der Waals surface area contributed by atoms with Crippen molar-refractivity contribution in [2.24, 2.45) is 0 Å². The van der Waals surface area contributed by atoms with Crippen LogP contribution in [0, 0.1) is 0 Å². The SMILES string of the molecule is CC(=O)Oc1cccc2[nH]cc(CCN3CCC3C)c12. The van der Waals surface area contributed by atoms with Gasteiger partial charge in [-0.2, -0.15) is 0 Å². The lowest BCUT2D eigenvalue weighted by Crippen LogP contribution is -2.46. The maximum atomic E-state index is 11.2. The fraction of sp³-hybridized carbons (Fsp3) is 0.438. The van der Waals surface area contributed by atoms with Crippen LogP contribution in [-0.4, -0.2) is 35.0 Å². The molecule has 0 aliphatic carbocycles. The lowest BCUT2D eigenvalue weighted by Gasteiger charge is -2.38. The average Bonchev–Trinajstić information content (AvgIpc) is 2.81. The van der Waals surface area contributed by atoms with E-state index in [1.54, 1.807) is 0 Å². The molecule has 1 aromatic carbocycles. The van der Waals surface area contributed by atoms with Crippen LogP contribution in [0.3, 0.4) is 0 Å². The number of likely N-dealkylation sites (tertiary alicyclic amines) is 1. The van der Waals surface area contributed by atoms with E-state index in [0.29, 0.717) is 11.8 Å². The van der Waals surface area contributed by atoms with E-state index < -0.39 is 0 Å². The van der Waals surface area contributed by atoms with Crippen LogP contribution >= 0.6 is 0 Å². The summed E-state index contributed by atoms with van der Waals surface area (Å²) in [6, 6.07) is 6.47. The molecule has 20 heavy (non-hydrogen) atoms. The maximum absolute atomic E-state index is 11.2. The number of carbonyl (C=O) groups is 1. The standard InChI is InChI=1S/C16H20N2O2/c1-11-6-8-18(11)9-7-13-10-17-14-4-3-5-15(16(13)14)20-12(2)19/h3-5,10-11,17H,6-9H2,1-2H3. The van der Waals surface area contributed by atoms with E-state index in [4.69, 9.17) is 4.74 Å². The minimum atomic E-state index is -0.277. The number of rotatable bonds is 4. The Balaban J connectivity index is 1.84. The van der Waals surface area contributed by atoms with Crippen molar-refractivity contribution in [3.63, 3.8) is 0 Å². The number of carbonyl (C=O) groups excluding carboxylic acids is 1. The van der Waals surface area contributed by atoms with Gasteiger partial charge in [-0.05, 0) is 44.0 Å². The first-order chi connectivity index (χ1) is 9.65. The fourth-order valence-corrected chi connectivity index (χ4v) is 2.82. The van der Waals surface area contributed by atoms with Crippen LogP contribution in [0.1, 0.15) is 25.8 Å². The zero-order valence-electron chi connectivity index (χ0n) is 12.0. The van der Waals surface area contributed by atoms with Crippen molar-refractivity contribution in [2.75, 3.05) is 13.1 Å². The number of aromatic nitrogens is 1. The lowest BCUT2D eigenvalue weighted by atomic mass is 10.0. The Labute approximate surface area is 118 Å². The van der Waals surface area contributed by atoms with E-state index in [2.05, 4.69) is 16.8 Å². The van der Waals surface area contributed by atoms with Gasteiger partial charge in [0.05, 0.1) is 0 Å². The first-order valence-corrected chi connectivity index (χ1v) is 7.16. The molecule has 4 heteroatoms. The van der Waals surface area contributed by atoms with Gasteiger partial charge < -0.3 is 14.6 Å². The second-order valence-corrected chi connectivity index (χ2v) is 5.51. The molecule has 0 amide bonds. The van der Waals surface area contributed by atoms with Gasteiger partial charge in [0.2, 0.25) is 0 Å². The molecular formula is C16H20N2O2. The number of H-pyrrole nitrogens is 1. The summed E-state index contributed by atoms with van der Waals surface area (Å²) in [4.78, 5) is 17.0. The Kier molecular flexibility index (Phi) is 3.49. The molecule has 0 bridgehead atoms. The smallest absolute Gasteiger partial charge is 0.308 e. The van der Waals surface area contributed by atoms with Gasteiger partial charge in [-0.1, -0.05) is 6.07 Å². The van der Waals surface area contributed by atoms with Crippen LogP contribution in [0.4, 0.5) is 0 Å². The molecule has 0 radical (unpaired) electrons. The van der Waals surface area contributed by atoms with Crippen molar-refractivity contribution < 1.29 is 9.53 Å². The normalized spacial score (nSPS) is 19.0. The molecule has 106 valence electrons. The number of aromatic amines is 1. The number of ether oxygens (including phenoxy) is 1. The largest absolute Gasteiger partial charge is 0.426 e. The topological polar surface area (TPSA) is 45.3 Å². The molecule has 1 aliphatic rings. The van der Waals surface area contributed by atoms with E-state index in [1.165, 1.54) is 25.5 Å². The molecule has 1 unspecified atom stereocenters. The first-order valence-electron chi connectivity index (χ1n) is 7.16. The van der Waals surface area contributed by atoms with Gasteiger partial charge in [-0.15, -0.1) is 0 Å². The second-order valence-electron chi connectivity index (χ2n) is 5.51. The Morgan fingerprint density at radius 3 is 3.00 bits per heavy atom. The van der Waals surface area contributed by atoms with Gasteiger partial charge in [0.1, 0.15) is 5.75 Å². The van der Waals surface area contributed by atoms with Crippen molar-refractivity contribution in [1.29, 1.82) is 0 Å². The number of benzene rings is 1. The molecule has 4 nitrogen and oxygen atoms in total. The molecular weight excluding hydrogens is 252 g/mol. The number of nitrogens with one attached hydrogen (secondary N) is 1. The van der Waals surface area contributed by atoms with Crippen molar-refractivity contribution in [1.82, 2.24) is 9.88 Å². The Hall–Kier alpha value is -1.81. The predicted octanol–water partition coefficient (Wildman–Crippen LogP) is 2.73. The zero-order chi connectivity index (χ0) is 14.1. The third kappa shape index (κ3) is 2.43. The highest BCUT2D eigenvalue weighted by atomic mass is 16.5. The molecule has 1 aliphatic heterocycles. The Morgan fingerprint density at radius 2 is 2.35 bits per heavy atom. The van der Waals surface area contributed by atoms with E-state index in [9.17, 15) is 4.79 Å². The predicted molar refractivity (Wildman–Crippen MR) is 79.0 cm³/mol. The highest BCUT2D eigenvalue weighted by molar-refractivity contribution is 5.91. The van der Waals surface area contributed by atoms with E-state index in [1.807, 2.05) is 24.4 Å². The molecule has 1 fully saturated rings. The summed E-state index contributed by atoms with van der Waals surface area (Å²) in [5, 5.41) is 1.04. The number of hydrogen-bond acceptors (Lipinski definition) is 3. The zero-order valence-corrected chi connectivity index (χ0v) is 12.0. The van der Waals surface area contributed by atoms with Gasteiger partial charge in [-0.25, -0.2) is 0 Å². The summed E-state index contributed by atoms with van der Waals surface area (Å²) >= 11 is 0. The quantitative estimate of drug-likeness (QED) is 0.687. The Bertz CT molecular complexity index is 632. The van der Waals surface area contributed by atoms with Crippen LogP contribution in [0.25, 0.3) is 10.9 Å². The van der Waals surface area contributed by atoms with Crippen LogP contribution in [0.5, 0.6) is 5.75 Å². The first kappa shape index (κ1) is 13.2. The maximum Gasteiger partial charge on any atom is 0.308 e. The van der Waals surface area contributed by atoms with Crippen molar-refractivity contribution in [2.45, 2.75) is 32.7 Å². The van der Waals surface area contributed by atoms with Crippen LogP contribution < -0.4 is 4.74 Å². The number of fused-ring (bicyclic) bond motifs is 1. The number of hydrogen-bond donors (Lipinski definition) is 1.